The molecule has 0 aromatic heterocycles. The molecule has 0 aromatic rings. The van der Waals surface area contributed by atoms with Gasteiger partial charge in [-0.25, -0.2) is 4.79 Å². The molecule has 0 rings (SSSR count). The fourth-order valence-electron chi connectivity index (χ4n) is 3.18. The summed E-state index contributed by atoms with van der Waals surface area (Å²) in [6, 6.07) is -7.46. The zero-order chi connectivity index (χ0) is 30.6. The zero-order valence-corrected chi connectivity index (χ0v) is 22.5. The maximum Gasteiger partial charge on any atom is 0.326 e. The second-order valence-corrected chi connectivity index (χ2v) is 9.72. The van der Waals surface area contributed by atoms with Crippen molar-refractivity contribution in [1.82, 2.24) is 21.3 Å². The van der Waals surface area contributed by atoms with Crippen molar-refractivity contribution in [2.24, 2.45) is 17.6 Å². The van der Waals surface area contributed by atoms with Gasteiger partial charge < -0.3 is 47.4 Å². The van der Waals surface area contributed by atoms with Gasteiger partial charge >= 0.3 is 17.9 Å². The van der Waals surface area contributed by atoms with Crippen molar-refractivity contribution in [3.63, 3.8) is 0 Å². The Bertz CT molecular complexity index is 922. The third-order valence-electron chi connectivity index (χ3n) is 5.61. The molecule has 0 aromatic carbocycles. The normalized spacial score (nSPS) is 15.7. The number of amides is 4. The Hall–Kier alpha value is -3.79. The summed E-state index contributed by atoms with van der Waals surface area (Å²) in [5.74, 6) is -9.24. The largest absolute Gasteiger partial charge is 0.481 e. The van der Waals surface area contributed by atoms with Gasteiger partial charge in [-0.3, -0.25) is 28.8 Å². The van der Waals surface area contributed by atoms with Gasteiger partial charge in [-0.05, 0) is 25.2 Å². The smallest absolute Gasteiger partial charge is 0.326 e. The fraction of sp³-hybridized carbons (Fsp3) is 0.696. The Labute approximate surface area is 225 Å². The van der Waals surface area contributed by atoms with Crippen LogP contribution in [0.4, 0.5) is 0 Å². The minimum atomic E-state index is -1.83. The minimum absolute atomic E-state index is 0.335. The molecule has 0 spiro atoms. The van der Waals surface area contributed by atoms with Crippen LogP contribution in [0.1, 0.15) is 53.9 Å². The highest BCUT2D eigenvalue weighted by Gasteiger charge is 2.35. The molecule has 0 heterocycles. The molecule has 0 bridgehead atoms. The van der Waals surface area contributed by atoms with Gasteiger partial charge in [-0.15, -0.1) is 0 Å². The molecule has 0 aliphatic carbocycles. The second kappa shape index (κ2) is 16.2. The average Bonchev–Trinajstić information content (AvgIpc) is 2.80. The van der Waals surface area contributed by atoms with Crippen molar-refractivity contribution in [3.05, 3.63) is 0 Å². The van der Waals surface area contributed by atoms with Crippen LogP contribution >= 0.6 is 0 Å². The Kier molecular flexibility index (Phi) is 14.7. The number of carboxylic acids is 3. The molecule has 0 aliphatic rings. The van der Waals surface area contributed by atoms with Gasteiger partial charge in [0.2, 0.25) is 23.6 Å². The van der Waals surface area contributed by atoms with E-state index in [4.69, 9.17) is 10.8 Å². The molecule has 16 heteroatoms. The lowest BCUT2D eigenvalue weighted by atomic mass is 10.0. The van der Waals surface area contributed by atoms with Crippen LogP contribution in [0.2, 0.25) is 0 Å². The second-order valence-electron chi connectivity index (χ2n) is 9.72. The maximum atomic E-state index is 12.9. The number of carbonyl (C=O) groups excluding carboxylic acids is 4. The van der Waals surface area contributed by atoms with Crippen molar-refractivity contribution >= 4 is 41.5 Å². The Balaban J connectivity index is 5.86. The van der Waals surface area contributed by atoms with E-state index in [0.29, 0.717) is 0 Å². The number of carbonyl (C=O) groups is 7. The quantitative estimate of drug-likeness (QED) is 0.0882. The van der Waals surface area contributed by atoms with Crippen LogP contribution in [-0.4, -0.2) is 98.3 Å². The Morgan fingerprint density at radius 2 is 1.13 bits per heavy atom. The van der Waals surface area contributed by atoms with E-state index < -0.39 is 103 Å². The van der Waals surface area contributed by atoms with Crippen LogP contribution in [0.3, 0.4) is 0 Å². The van der Waals surface area contributed by atoms with Crippen LogP contribution in [0.25, 0.3) is 0 Å². The molecule has 16 nitrogen and oxygen atoms in total. The number of nitrogens with two attached hydrogens (primary N) is 1. The first kappa shape index (κ1) is 35.2. The summed E-state index contributed by atoms with van der Waals surface area (Å²) in [4.78, 5) is 84.6. The van der Waals surface area contributed by atoms with Gasteiger partial charge in [0.15, 0.2) is 0 Å². The molecular formula is C23H39N5O11. The van der Waals surface area contributed by atoms with E-state index in [1.807, 2.05) is 0 Å². The van der Waals surface area contributed by atoms with Gasteiger partial charge in [0.05, 0.1) is 18.6 Å². The summed E-state index contributed by atoms with van der Waals surface area (Å²) >= 11 is 0. The van der Waals surface area contributed by atoms with E-state index in [2.05, 4.69) is 21.3 Å². The molecule has 0 unspecified atom stereocenters. The maximum absolute atomic E-state index is 12.9. The molecule has 0 aliphatic heterocycles. The molecule has 10 N–H and O–H groups in total. The first-order chi connectivity index (χ1) is 17.9. The molecule has 222 valence electrons. The molecule has 0 fully saturated rings. The third-order valence-corrected chi connectivity index (χ3v) is 5.61. The van der Waals surface area contributed by atoms with Gasteiger partial charge in [0, 0.05) is 6.42 Å². The minimum Gasteiger partial charge on any atom is -0.481 e. The first-order valence-electron chi connectivity index (χ1n) is 12.2. The highest BCUT2D eigenvalue weighted by atomic mass is 16.4. The molecule has 0 saturated heterocycles. The van der Waals surface area contributed by atoms with Crippen molar-refractivity contribution in [2.75, 3.05) is 0 Å². The van der Waals surface area contributed by atoms with Crippen molar-refractivity contribution in [1.29, 1.82) is 0 Å². The fourth-order valence-corrected chi connectivity index (χ4v) is 3.18. The van der Waals surface area contributed by atoms with Crippen LogP contribution in [0, 0.1) is 11.8 Å². The molecule has 0 saturated carbocycles. The summed E-state index contributed by atoms with van der Waals surface area (Å²) in [5, 5.41) is 46.2. The lowest BCUT2D eigenvalue weighted by Crippen LogP contribution is -2.61. The van der Waals surface area contributed by atoms with E-state index in [9.17, 15) is 48.9 Å². The molecule has 39 heavy (non-hydrogen) atoms. The number of aliphatic hydroxyl groups excluding tert-OH is 1. The third kappa shape index (κ3) is 12.5. The Morgan fingerprint density at radius 1 is 0.641 bits per heavy atom. The summed E-state index contributed by atoms with van der Waals surface area (Å²) in [6.07, 6.45) is -3.52. The zero-order valence-electron chi connectivity index (χ0n) is 22.5. The monoisotopic (exact) mass is 561 g/mol. The SMILES string of the molecule is CC(C)[C@H](N)C(=O)N[C@@H](CCC(=O)O)C(=O)N[C@@H](CC(=O)O)C(=O)N[C@H](C(=O)N[C@H](C(=O)O)C(C)C)[C@@H](C)O. The first-order valence-corrected chi connectivity index (χ1v) is 12.2. The van der Waals surface area contributed by atoms with E-state index in [1.54, 1.807) is 13.8 Å². The van der Waals surface area contributed by atoms with Crippen LogP contribution < -0.4 is 27.0 Å². The number of aliphatic carboxylic acids is 3. The van der Waals surface area contributed by atoms with Crippen LogP contribution in [-0.2, 0) is 33.6 Å². The van der Waals surface area contributed by atoms with Gasteiger partial charge in [-0.2, -0.15) is 0 Å². The number of hydrogen-bond donors (Lipinski definition) is 9. The van der Waals surface area contributed by atoms with Crippen LogP contribution in [0.5, 0.6) is 0 Å². The standard InChI is InChI=1S/C23H39N5O11/c1-9(2)16(24)21(36)25-12(6-7-14(30)31)19(34)26-13(8-15(32)33)20(35)28-18(11(5)29)22(37)27-17(10(3)4)23(38)39/h9-13,16-18,29H,6-8,24H2,1-5H3,(H,25,36)(H,26,34)(H,27,37)(H,28,35)(H,30,31)(H,32,33)(H,38,39)/t11-,12+,13+,16+,17+,18+/m1/s1. The summed E-state index contributed by atoms with van der Waals surface area (Å²) in [7, 11) is 0. The van der Waals surface area contributed by atoms with E-state index in [0.717, 1.165) is 6.92 Å². The van der Waals surface area contributed by atoms with Crippen molar-refractivity contribution in [2.45, 2.75) is 90.2 Å². The van der Waals surface area contributed by atoms with E-state index in [1.165, 1.54) is 13.8 Å². The summed E-state index contributed by atoms with van der Waals surface area (Å²) in [6.45, 7) is 7.43. The molecule has 4 amide bonds. The average molecular weight is 562 g/mol. The number of nitrogens with one attached hydrogen (secondary N) is 4. The van der Waals surface area contributed by atoms with E-state index >= 15 is 0 Å². The molecular weight excluding hydrogens is 522 g/mol. The molecule has 6 atom stereocenters. The lowest BCUT2D eigenvalue weighted by Gasteiger charge is -2.27. The van der Waals surface area contributed by atoms with Crippen LogP contribution in [0.15, 0.2) is 0 Å². The summed E-state index contributed by atoms with van der Waals surface area (Å²) in [5.41, 5.74) is 5.76. The number of rotatable bonds is 17. The summed E-state index contributed by atoms with van der Waals surface area (Å²) < 4.78 is 0. The lowest BCUT2D eigenvalue weighted by molar-refractivity contribution is -0.145. The van der Waals surface area contributed by atoms with Crippen molar-refractivity contribution in [3.8, 4) is 0 Å². The highest BCUT2D eigenvalue weighted by Crippen LogP contribution is 2.07. The van der Waals surface area contributed by atoms with E-state index in [-0.39, 0.29) is 5.92 Å². The number of hydrogen-bond acceptors (Lipinski definition) is 9. The van der Waals surface area contributed by atoms with Gasteiger partial charge in [0.1, 0.15) is 24.2 Å². The molecule has 0 radical (unpaired) electrons. The predicted octanol–water partition coefficient (Wildman–Crippen LogP) is -2.63. The highest BCUT2D eigenvalue weighted by molar-refractivity contribution is 5.97. The Morgan fingerprint density at radius 3 is 1.54 bits per heavy atom. The van der Waals surface area contributed by atoms with Crippen molar-refractivity contribution < 1.29 is 54.0 Å². The van der Waals surface area contributed by atoms with Gasteiger partial charge in [0.25, 0.3) is 0 Å². The topological polar surface area (TPSA) is 275 Å². The van der Waals surface area contributed by atoms with Gasteiger partial charge in [-0.1, -0.05) is 27.7 Å². The predicted molar refractivity (Wildman–Crippen MR) is 134 cm³/mol. The number of aliphatic hydroxyl groups is 1. The number of carboxylic acid groups (broad SMARTS) is 3.